The molecule has 0 spiro atoms. The molecule has 1 aromatic rings. The number of nitrogens with one attached hydrogen (secondary N) is 2. The Morgan fingerprint density at radius 2 is 1.29 bits per heavy atom. The Morgan fingerprint density at radius 1 is 0.765 bits per heavy atom. The number of fused-ring (bicyclic) bond motifs is 1. The van der Waals surface area contributed by atoms with Gasteiger partial charge in [0.05, 0.1) is 30.9 Å². The van der Waals surface area contributed by atoms with Crippen molar-refractivity contribution in [2.75, 3.05) is 26.4 Å². The maximum Gasteiger partial charge on any atom is 0.303 e. The van der Waals surface area contributed by atoms with Crippen LogP contribution in [0.2, 0.25) is 0 Å². The molecule has 3 heterocycles. The fourth-order valence-corrected chi connectivity index (χ4v) is 6.02. The van der Waals surface area contributed by atoms with Crippen molar-refractivity contribution in [3.8, 4) is 0 Å². The second-order valence-electron chi connectivity index (χ2n) is 11.9. The van der Waals surface area contributed by atoms with Gasteiger partial charge < -0.3 is 54.0 Å². The number of carbonyl (C=O) groups excluding carboxylic acids is 7. The van der Waals surface area contributed by atoms with Crippen LogP contribution in [0.3, 0.4) is 0 Å². The highest BCUT2D eigenvalue weighted by atomic mass is 16.7. The third-order valence-corrected chi connectivity index (χ3v) is 8.06. The van der Waals surface area contributed by atoms with Gasteiger partial charge in [-0.25, -0.2) is 0 Å². The largest absolute Gasteiger partial charge is 0.463 e. The topological polar surface area (TPSA) is 252 Å². The number of amides is 4. The summed E-state index contributed by atoms with van der Waals surface area (Å²) < 4.78 is 39.9. The zero-order chi connectivity index (χ0) is 37.6. The van der Waals surface area contributed by atoms with E-state index in [1.54, 1.807) is 12.1 Å². The lowest BCUT2D eigenvalue weighted by Gasteiger charge is -2.49. The summed E-state index contributed by atoms with van der Waals surface area (Å²) in [6, 6.07) is 3.47. The summed E-state index contributed by atoms with van der Waals surface area (Å²) in [7, 11) is 0. The van der Waals surface area contributed by atoms with E-state index < -0.39 is 116 Å². The molecule has 19 heteroatoms. The Labute approximate surface area is 291 Å². The summed E-state index contributed by atoms with van der Waals surface area (Å²) >= 11 is 0. The Morgan fingerprint density at radius 3 is 1.80 bits per heavy atom. The number of nitrogens with zero attached hydrogens (tertiary/aromatic N) is 1. The first kappa shape index (κ1) is 39.3. The van der Waals surface area contributed by atoms with E-state index in [4.69, 9.17) is 33.2 Å². The van der Waals surface area contributed by atoms with Crippen LogP contribution in [0.4, 0.5) is 0 Å². The lowest BCUT2D eigenvalue weighted by molar-refractivity contribution is -0.329. The average Bonchev–Trinajstić information content (AvgIpc) is 3.29. The van der Waals surface area contributed by atoms with Crippen LogP contribution < -0.4 is 10.6 Å². The van der Waals surface area contributed by atoms with Gasteiger partial charge in [-0.1, -0.05) is 12.1 Å². The van der Waals surface area contributed by atoms with Gasteiger partial charge in [0.1, 0.15) is 43.1 Å². The van der Waals surface area contributed by atoms with Gasteiger partial charge in [0.15, 0.2) is 24.8 Å². The average molecular weight is 724 g/mol. The van der Waals surface area contributed by atoms with Crippen LogP contribution in [-0.2, 0) is 57.1 Å². The maximum atomic E-state index is 12.9. The van der Waals surface area contributed by atoms with E-state index in [1.165, 1.54) is 12.1 Å². The Bertz CT molecular complexity index is 1470. The molecule has 10 atom stereocenters. The minimum absolute atomic E-state index is 0.223. The third-order valence-electron chi connectivity index (χ3n) is 8.06. The summed E-state index contributed by atoms with van der Waals surface area (Å²) in [5.74, 6) is -4.79. The summed E-state index contributed by atoms with van der Waals surface area (Å²) in [5.41, 5.74) is 0.446. The van der Waals surface area contributed by atoms with Gasteiger partial charge in [-0.05, 0) is 12.1 Å². The number of esters is 3. The number of ether oxygens (including phenoxy) is 7. The highest BCUT2D eigenvalue weighted by Crippen LogP contribution is 2.32. The molecule has 4 amide bonds. The summed E-state index contributed by atoms with van der Waals surface area (Å²) in [4.78, 5) is 87.6. The van der Waals surface area contributed by atoms with Crippen LogP contribution in [0.15, 0.2) is 24.3 Å². The first-order valence-electron chi connectivity index (χ1n) is 16.0. The van der Waals surface area contributed by atoms with Gasteiger partial charge in [-0.3, -0.25) is 38.5 Å². The van der Waals surface area contributed by atoms with Crippen LogP contribution in [0.1, 0.15) is 55.3 Å². The Balaban J connectivity index is 1.64. The number of hydrogen-bond donors (Lipinski definition) is 4. The predicted octanol–water partition coefficient (Wildman–Crippen LogP) is -2.08. The molecule has 2 fully saturated rings. The first-order valence-corrected chi connectivity index (χ1v) is 16.0. The molecule has 2 saturated heterocycles. The van der Waals surface area contributed by atoms with E-state index in [0.717, 1.165) is 39.5 Å². The van der Waals surface area contributed by atoms with Crippen LogP contribution in [-0.4, -0.2) is 144 Å². The molecular weight excluding hydrogens is 682 g/mol. The van der Waals surface area contributed by atoms with Crippen molar-refractivity contribution in [2.24, 2.45) is 0 Å². The van der Waals surface area contributed by atoms with Crippen LogP contribution in [0, 0.1) is 0 Å². The van der Waals surface area contributed by atoms with Crippen molar-refractivity contribution in [2.45, 2.75) is 95.9 Å². The molecule has 4 rings (SSSR count). The number of imide groups is 1. The second kappa shape index (κ2) is 17.1. The minimum atomic E-state index is -1.70. The fourth-order valence-electron chi connectivity index (χ4n) is 6.02. The van der Waals surface area contributed by atoms with E-state index in [0.29, 0.717) is 0 Å². The smallest absolute Gasteiger partial charge is 0.303 e. The zero-order valence-corrected chi connectivity index (χ0v) is 28.5. The van der Waals surface area contributed by atoms with Gasteiger partial charge in [0.25, 0.3) is 11.8 Å². The zero-order valence-electron chi connectivity index (χ0n) is 28.5. The number of hydrogen-bond acceptors (Lipinski definition) is 16. The van der Waals surface area contributed by atoms with Crippen molar-refractivity contribution in [3.05, 3.63) is 35.4 Å². The number of benzene rings is 1. The number of aliphatic hydroxyl groups is 2. The third kappa shape index (κ3) is 9.43. The molecule has 280 valence electrons. The van der Waals surface area contributed by atoms with E-state index >= 15 is 0 Å². The molecule has 4 N–H and O–H groups in total. The molecule has 3 aliphatic heterocycles. The van der Waals surface area contributed by atoms with Gasteiger partial charge in [-0.15, -0.1) is 0 Å². The number of aliphatic hydroxyl groups excluding tert-OH is 2. The standard InChI is InChI=1S/C32H41N3O16/c1-14(37)33-23-27(25(42)21(12-36)49-31(23)45-11-10-35-29(43)19-8-6-7-9-20(19)30(35)44)51-32-24(34-15(2)38)28(48-18(5)41)26(47-17(4)40)22(50-32)13-46-16(3)39/h6-9,21-28,31-32,36,42H,10-13H2,1-5H3,(H,33,37)(H,34,38). The van der Waals surface area contributed by atoms with Crippen molar-refractivity contribution < 1.29 is 76.9 Å². The molecule has 19 nitrogen and oxygen atoms in total. The van der Waals surface area contributed by atoms with Gasteiger partial charge >= 0.3 is 17.9 Å². The van der Waals surface area contributed by atoms with E-state index in [9.17, 15) is 43.8 Å². The molecular formula is C32H41N3O16. The summed E-state index contributed by atoms with van der Waals surface area (Å²) in [6.07, 6.45) is -12.1. The van der Waals surface area contributed by atoms with Crippen molar-refractivity contribution in [1.82, 2.24) is 15.5 Å². The second-order valence-corrected chi connectivity index (χ2v) is 11.9. The molecule has 10 unspecified atom stereocenters. The molecule has 3 aliphatic rings. The quantitative estimate of drug-likeness (QED) is 0.0968. The maximum absolute atomic E-state index is 12.9. The highest BCUT2D eigenvalue weighted by Gasteiger charge is 2.55. The first-order chi connectivity index (χ1) is 24.1. The highest BCUT2D eigenvalue weighted by molar-refractivity contribution is 6.21. The number of rotatable bonds is 13. The molecule has 0 saturated carbocycles. The SMILES string of the molecule is CC(=O)NC1C(OCCN2C(=O)c3ccccc3C2=O)OC(CO)C(O)C1OC1OC(COC(C)=O)C(OC(C)=O)C(OC(C)=O)C1NC(C)=O. The van der Waals surface area contributed by atoms with Crippen molar-refractivity contribution in [3.63, 3.8) is 0 Å². The number of carbonyl (C=O) groups is 7. The van der Waals surface area contributed by atoms with E-state index in [2.05, 4.69) is 10.6 Å². The summed E-state index contributed by atoms with van der Waals surface area (Å²) in [6.45, 7) is 3.69. The van der Waals surface area contributed by atoms with E-state index in [-0.39, 0.29) is 24.3 Å². The minimum Gasteiger partial charge on any atom is -0.463 e. The lowest BCUT2D eigenvalue weighted by Crippen LogP contribution is -2.70. The van der Waals surface area contributed by atoms with Crippen LogP contribution >= 0.6 is 0 Å². The van der Waals surface area contributed by atoms with Crippen LogP contribution in [0.5, 0.6) is 0 Å². The van der Waals surface area contributed by atoms with Gasteiger partial charge in [0.2, 0.25) is 11.8 Å². The Kier molecular flexibility index (Phi) is 13.2. The van der Waals surface area contributed by atoms with Gasteiger partial charge in [0, 0.05) is 34.6 Å². The lowest BCUT2D eigenvalue weighted by atomic mass is 9.94. The Hall–Kier alpha value is -4.53. The normalized spacial score (nSPS) is 30.2. The van der Waals surface area contributed by atoms with Crippen molar-refractivity contribution >= 4 is 41.5 Å². The molecule has 1 aromatic carbocycles. The molecule has 0 bridgehead atoms. The monoisotopic (exact) mass is 723 g/mol. The summed E-state index contributed by atoms with van der Waals surface area (Å²) in [5, 5.41) is 26.6. The van der Waals surface area contributed by atoms with Crippen molar-refractivity contribution in [1.29, 1.82) is 0 Å². The van der Waals surface area contributed by atoms with Gasteiger partial charge in [-0.2, -0.15) is 0 Å². The predicted molar refractivity (Wildman–Crippen MR) is 166 cm³/mol. The molecule has 0 radical (unpaired) electrons. The fraction of sp³-hybridized carbons (Fsp3) is 0.594. The van der Waals surface area contributed by atoms with E-state index in [1.807, 2.05) is 0 Å². The van der Waals surface area contributed by atoms with Crippen LogP contribution in [0.25, 0.3) is 0 Å². The molecule has 51 heavy (non-hydrogen) atoms. The molecule has 0 aliphatic carbocycles. The molecule has 0 aromatic heterocycles.